The maximum atomic E-state index is 12.0. The molecule has 0 amide bonds. The van der Waals surface area contributed by atoms with E-state index in [0.29, 0.717) is 0 Å². The van der Waals surface area contributed by atoms with Gasteiger partial charge in [-0.2, -0.15) is 13.6 Å². The van der Waals surface area contributed by atoms with Gasteiger partial charge in [0.2, 0.25) is 5.95 Å². The molecule has 188 valence electrons. The first-order valence-electron chi connectivity index (χ1n) is 8.58. The van der Waals surface area contributed by atoms with E-state index in [1.165, 1.54) is 0 Å². The summed E-state index contributed by atoms with van der Waals surface area (Å²) in [5, 5.41) is 10.5. The Morgan fingerprint density at radius 2 is 1.91 bits per heavy atom. The minimum absolute atomic E-state index is 0.0855. The van der Waals surface area contributed by atoms with Gasteiger partial charge in [-0.25, -0.2) is 18.7 Å². The summed E-state index contributed by atoms with van der Waals surface area (Å²) in [6.07, 6.45) is 2.23. The molecule has 2 unspecified atom stereocenters. The van der Waals surface area contributed by atoms with Crippen LogP contribution >= 0.6 is 23.5 Å². The van der Waals surface area contributed by atoms with Crippen LogP contribution in [-0.4, -0.2) is 69.1 Å². The number of imidazole rings is 1. The van der Waals surface area contributed by atoms with E-state index in [4.69, 9.17) is 31.4 Å². The Morgan fingerprint density at radius 1 is 1.24 bits per heavy atom. The van der Waals surface area contributed by atoms with Crippen molar-refractivity contribution in [2.75, 3.05) is 12.3 Å². The van der Waals surface area contributed by atoms with Crippen molar-refractivity contribution < 1.29 is 61.0 Å². The highest BCUT2D eigenvalue weighted by Crippen LogP contribution is 2.66. The topological polar surface area (TPSA) is 288 Å². The quantitative estimate of drug-likeness (QED) is 0.136. The van der Waals surface area contributed by atoms with E-state index in [-0.39, 0.29) is 17.1 Å². The average Bonchev–Trinajstić information content (AvgIpc) is 3.19. The summed E-state index contributed by atoms with van der Waals surface area (Å²) in [7, 11) is -16.8. The molecule has 8 N–H and O–H groups in total. The van der Waals surface area contributed by atoms with E-state index in [0.717, 1.165) is 10.9 Å². The minimum Gasteiger partial charge on any atom is -0.436 e. The lowest BCUT2D eigenvalue weighted by Gasteiger charge is -2.19. The van der Waals surface area contributed by atoms with Gasteiger partial charge in [0, 0.05) is 0 Å². The number of fused-ring (bicyclic) bond motifs is 1. The van der Waals surface area contributed by atoms with E-state index < -0.39 is 60.2 Å². The van der Waals surface area contributed by atoms with Gasteiger partial charge in [-0.1, -0.05) is 6.42 Å². The molecule has 0 saturated carbocycles. The third-order valence-corrected chi connectivity index (χ3v) is 7.86. The highest BCUT2D eigenvalue weighted by molar-refractivity contribution is 7.66. The normalized spacial score (nSPS) is 26.6. The number of phosphoric acid groups is 3. The average molecular weight is 547 g/mol. The first-order valence-corrected chi connectivity index (χ1v) is 13.1. The summed E-state index contributed by atoms with van der Waals surface area (Å²) < 4.78 is 57.3. The lowest BCUT2D eigenvalue weighted by atomic mass is 10.1. The van der Waals surface area contributed by atoms with Crippen LogP contribution in [0.15, 0.2) is 11.1 Å². The number of nitrogen functional groups attached to an aromatic ring is 1. The smallest absolute Gasteiger partial charge is 0.436 e. The predicted octanol–water partition coefficient (Wildman–Crippen LogP) is -1.72. The van der Waals surface area contributed by atoms with Gasteiger partial charge in [0.05, 0.1) is 12.9 Å². The van der Waals surface area contributed by atoms with Gasteiger partial charge in [-0.15, -0.1) is 0 Å². The summed E-state index contributed by atoms with van der Waals surface area (Å²) in [4.78, 5) is 57.8. The van der Waals surface area contributed by atoms with Gasteiger partial charge in [-0.05, 0) is 0 Å². The number of phosphoric ester groups is 1. The molecule has 6 atom stereocenters. The lowest BCUT2D eigenvalue weighted by molar-refractivity contribution is -0.0502. The predicted molar refractivity (Wildman–Crippen MR) is 106 cm³/mol. The van der Waals surface area contributed by atoms with Crippen molar-refractivity contribution in [1.82, 2.24) is 19.5 Å². The van der Waals surface area contributed by atoms with Gasteiger partial charge in [-0.3, -0.25) is 18.9 Å². The summed E-state index contributed by atoms with van der Waals surface area (Å²) in [5.74, 6) is -0.267. The van der Waals surface area contributed by atoms with Crippen molar-refractivity contribution in [2.45, 2.75) is 24.5 Å². The molecule has 1 saturated heterocycles. The van der Waals surface area contributed by atoms with E-state index in [1.807, 2.05) is 6.11 Å². The fourth-order valence-corrected chi connectivity index (χ4v) is 5.92. The lowest BCUT2D eigenvalue weighted by Crippen LogP contribution is -2.35. The van der Waals surface area contributed by atoms with Gasteiger partial charge >= 0.3 is 23.5 Å². The van der Waals surface area contributed by atoms with Crippen LogP contribution in [0.3, 0.4) is 0 Å². The second-order valence-corrected chi connectivity index (χ2v) is 10.8. The Hall–Kier alpha value is -2.16. The standard InChI is InChI=1S/C12H16N5O14P3/c1-2-27-8-7(18)5(3-28-33(23,24)31-34(25,26)30-32(20,21)22)29-11(8)17-4-14-6-9(17)15-12(13)16-10(6)19/h1,4-5,7-8,11,18H,3H2,(H,23,24)(H,25,26)(H2,20,21,22)(H3,13,15,16,19)/t5-,7+,8-,11-/m1/s1. The van der Waals surface area contributed by atoms with Crippen molar-refractivity contribution in [3.63, 3.8) is 0 Å². The molecule has 1 fully saturated rings. The number of anilines is 1. The van der Waals surface area contributed by atoms with Crippen molar-refractivity contribution in [3.8, 4) is 12.5 Å². The number of H-pyrrole nitrogens is 1. The molecule has 2 aromatic heterocycles. The molecule has 0 aromatic carbocycles. The van der Waals surface area contributed by atoms with E-state index in [9.17, 15) is 33.4 Å². The molecule has 3 heterocycles. The molecule has 1 aliphatic heterocycles. The molecule has 0 bridgehead atoms. The highest BCUT2D eigenvalue weighted by Gasteiger charge is 2.49. The number of nitrogens with one attached hydrogen (secondary N) is 1. The van der Waals surface area contributed by atoms with Crippen LogP contribution in [-0.2, 0) is 36.3 Å². The monoisotopic (exact) mass is 547 g/mol. The molecule has 0 spiro atoms. The molecular weight excluding hydrogens is 531 g/mol. The molecule has 34 heavy (non-hydrogen) atoms. The van der Waals surface area contributed by atoms with E-state index in [2.05, 4.69) is 28.1 Å². The van der Waals surface area contributed by atoms with Gasteiger partial charge < -0.3 is 39.9 Å². The fourth-order valence-electron chi connectivity index (χ4n) is 2.89. The largest absolute Gasteiger partial charge is 0.490 e. The molecular formula is C12H16N5O14P3. The van der Waals surface area contributed by atoms with Gasteiger partial charge in [0.15, 0.2) is 23.5 Å². The van der Waals surface area contributed by atoms with Gasteiger partial charge in [0.25, 0.3) is 5.56 Å². The van der Waals surface area contributed by atoms with Crippen LogP contribution in [0.1, 0.15) is 6.23 Å². The van der Waals surface area contributed by atoms with E-state index in [1.54, 1.807) is 0 Å². The number of nitrogens with zero attached hydrogens (tertiary/aromatic N) is 3. The Balaban J connectivity index is 1.79. The van der Waals surface area contributed by atoms with Crippen LogP contribution < -0.4 is 11.3 Å². The number of aliphatic hydroxyl groups is 1. The number of terminal acetylenes is 1. The Bertz CT molecular complexity index is 1310. The zero-order valence-corrected chi connectivity index (χ0v) is 19.0. The third-order valence-electron chi connectivity index (χ3n) is 4.06. The molecule has 19 nitrogen and oxygen atoms in total. The summed E-state index contributed by atoms with van der Waals surface area (Å²) >= 11 is 0. The molecule has 1 aliphatic rings. The van der Waals surface area contributed by atoms with Crippen LogP contribution in [0.4, 0.5) is 5.95 Å². The SMILES string of the molecule is C#CO[C@@H]1[C@@H](O)[C@@H](COP(=O)(O)OP(=O)(O)OP(=O)(O)O)O[C@H]1n1cnc2c(=O)[nH]c(N)nc21. The highest BCUT2D eigenvalue weighted by atomic mass is 31.3. The van der Waals surface area contributed by atoms with E-state index >= 15 is 0 Å². The van der Waals surface area contributed by atoms with Crippen LogP contribution in [0, 0.1) is 12.5 Å². The van der Waals surface area contributed by atoms with Crippen molar-refractivity contribution in [2.24, 2.45) is 0 Å². The number of hydrogen-bond acceptors (Lipinski definition) is 13. The number of aromatic amines is 1. The Labute approximate surface area is 187 Å². The Morgan fingerprint density at radius 3 is 2.53 bits per heavy atom. The minimum atomic E-state index is -5.74. The zero-order chi connectivity index (χ0) is 25.5. The maximum absolute atomic E-state index is 12.0. The fraction of sp³-hybridized carbons (Fsp3) is 0.417. The molecule has 2 aromatic rings. The first kappa shape index (κ1) is 26.4. The molecule has 0 radical (unpaired) electrons. The summed E-state index contributed by atoms with van der Waals surface area (Å²) in [5.41, 5.74) is 4.61. The number of nitrogens with two attached hydrogens (primary N) is 1. The zero-order valence-electron chi connectivity index (χ0n) is 16.3. The number of ether oxygens (including phenoxy) is 2. The Kier molecular flexibility index (Phi) is 7.37. The molecule has 22 heteroatoms. The second-order valence-electron chi connectivity index (χ2n) is 6.42. The third kappa shape index (κ3) is 6.09. The van der Waals surface area contributed by atoms with Crippen molar-refractivity contribution >= 4 is 40.6 Å². The first-order chi connectivity index (χ1) is 15.6. The van der Waals surface area contributed by atoms with Crippen LogP contribution in [0.2, 0.25) is 0 Å². The van der Waals surface area contributed by atoms with Gasteiger partial charge in [0.1, 0.15) is 18.3 Å². The maximum Gasteiger partial charge on any atom is 0.490 e. The molecule has 0 aliphatic carbocycles. The number of aliphatic hydroxyl groups excluding tert-OH is 1. The second kappa shape index (κ2) is 9.47. The van der Waals surface area contributed by atoms with Crippen LogP contribution in [0.5, 0.6) is 0 Å². The van der Waals surface area contributed by atoms with Crippen molar-refractivity contribution in [3.05, 3.63) is 16.7 Å². The summed E-state index contributed by atoms with van der Waals surface area (Å²) in [6, 6.07) is 0. The van der Waals surface area contributed by atoms with Crippen molar-refractivity contribution in [1.29, 1.82) is 0 Å². The molecule has 3 rings (SSSR count). The van der Waals surface area contributed by atoms with Crippen LogP contribution in [0.25, 0.3) is 11.2 Å². The number of hydrogen-bond donors (Lipinski definition) is 7. The number of aromatic nitrogens is 4. The number of rotatable bonds is 9. The summed E-state index contributed by atoms with van der Waals surface area (Å²) in [6.45, 7) is -0.992.